The van der Waals surface area contributed by atoms with E-state index in [1.807, 2.05) is 13.0 Å². The number of oxazole rings is 1. The average molecular weight is 350 g/mol. The van der Waals surface area contributed by atoms with Gasteiger partial charge in [-0.2, -0.15) is 0 Å². The first-order valence-electron chi connectivity index (χ1n) is 8.11. The summed E-state index contributed by atoms with van der Waals surface area (Å²) in [5, 5.41) is 5.41. The van der Waals surface area contributed by atoms with Crippen molar-refractivity contribution in [1.29, 1.82) is 0 Å². The zero-order chi connectivity index (χ0) is 18.4. The van der Waals surface area contributed by atoms with Crippen LogP contribution in [0.3, 0.4) is 0 Å². The van der Waals surface area contributed by atoms with Crippen molar-refractivity contribution in [3.05, 3.63) is 66.3 Å². The fourth-order valence-corrected chi connectivity index (χ4v) is 2.28. The van der Waals surface area contributed by atoms with Gasteiger partial charge in [-0.1, -0.05) is 18.2 Å². The highest BCUT2D eigenvalue weighted by Gasteiger charge is 2.08. The van der Waals surface area contributed by atoms with Crippen LogP contribution in [0.25, 0.3) is 11.3 Å². The maximum Gasteiger partial charge on any atom is 0.251 e. The van der Waals surface area contributed by atoms with Crippen molar-refractivity contribution >= 4 is 17.6 Å². The van der Waals surface area contributed by atoms with E-state index < -0.39 is 0 Å². The van der Waals surface area contributed by atoms with Crippen molar-refractivity contribution in [2.75, 3.05) is 11.9 Å². The largest absolute Gasteiger partial charge is 0.444 e. The first-order valence-corrected chi connectivity index (χ1v) is 8.11. The zero-order valence-electron chi connectivity index (χ0n) is 14.2. The van der Waals surface area contributed by atoms with Gasteiger partial charge in [-0.25, -0.2) is 9.97 Å². The molecule has 2 N–H and O–H groups in total. The van der Waals surface area contributed by atoms with Crippen LogP contribution in [0.15, 0.2) is 59.6 Å². The van der Waals surface area contributed by atoms with Gasteiger partial charge < -0.3 is 15.1 Å². The Bertz CT molecular complexity index is 872. The Morgan fingerprint density at radius 2 is 1.88 bits per heavy atom. The van der Waals surface area contributed by atoms with Crippen molar-refractivity contribution in [2.45, 2.75) is 13.3 Å². The van der Waals surface area contributed by atoms with E-state index in [2.05, 4.69) is 20.6 Å². The number of nitrogens with zero attached hydrogens (tertiary/aromatic N) is 2. The summed E-state index contributed by atoms with van der Waals surface area (Å²) in [5.74, 6) is 0.686. The third-order valence-electron chi connectivity index (χ3n) is 3.68. The number of rotatable bonds is 6. The lowest BCUT2D eigenvalue weighted by atomic mass is 10.1. The van der Waals surface area contributed by atoms with Gasteiger partial charge in [-0.05, 0) is 30.7 Å². The molecule has 0 saturated carbocycles. The molecule has 3 rings (SSSR count). The van der Waals surface area contributed by atoms with E-state index in [0.29, 0.717) is 17.1 Å². The van der Waals surface area contributed by atoms with Crippen molar-refractivity contribution < 1.29 is 14.0 Å². The lowest BCUT2D eigenvalue weighted by Gasteiger charge is -2.07. The second-order valence-electron chi connectivity index (χ2n) is 5.72. The Morgan fingerprint density at radius 3 is 2.54 bits per heavy atom. The SMILES string of the molecule is Cc1ccc(NC(=O)CCNC(=O)c2ccc(-c3cnco3)cc2)nc1. The molecule has 0 unspecified atom stereocenters. The molecule has 0 spiro atoms. The highest BCUT2D eigenvalue weighted by Crippen LogP contribution is 2.18. The summed E-state index contributed by atoms with van der Waals surface area (Å²) in [6.07, 6.45) is 4.81. The number of aromatic nitrogens is 2. The third-order valence-corrected chi connectivity index (χ3v) is 3.68. The number of benzene rings is 1. The molecule has 132 valence electrons. The van der Waals surface area contributed by atoms with E-state index >= 15 is 0 Å². The Balaban J connectivity index is 1.46. The van der Waals surface area contributed by atoms with Crippen molar-refractivity contribution in [2.24, 2.45) is 0 Å². The van der Waals surface area contributed by atoms with Crippen molar-refractivity contribution in [3.8, 4) is 11.3 Å². The normalized spacial score (nSPS) is 10.3. The summed E-state index contributed by atoms with van der Waals surface area (Å²) in [6.45, 7) is 2.16. The van der Waals surface area contributed by atoms with Crippen LogP contribution in [-0.4, -0.2) is 28.3 Å². The molecule has 0 bridgehead atoms. The minimum atomic E-state index is -0.240. The number of anilines is 1. The molecule has 2 aromatic heterocycles. The highest BCUT2D eigenvalue weighted by atomic mass is 16.3. The zero-order valence-corrected chi connectivity index (χ0v) is 14.2. The van der Waals surface area contributed by atoms with Crippen LogP contribution in [0.1, 0.15) is 22.3 Å². The second kappa shape index (κ2) is 8.06. The number of pyridine rings is 1. The number of amides is 2. The topological polar surface area (TPSA) is 97.1 Å². The first-order chi connectivity index (χ1) is 12.6. The third kappa shape index (κ3) is 4.54. The predicted molar refractivity (Wildman–Crippen MR) is 96.5 cm³/mol. The van der Waals surface area contributed by atoms with Crippen LogP contribution in [0.5, 0.6) is 0 Å². The van der Waals surface area contributed by atoms with E-state index in [4.69, 9.17) is 4.42 Å². The number of nitrogens with one attached hydrogen (secondary N) is 2. The summed E-state index contributed by atoms with van der Waals surface area (Å²) < 4.78 is 5.21. The molecule has 26 heavy (non-hydrogen) atoms. The first kappa shape index (κ1) is 17.3. The van der Waals surface area contributed by atoms with Gasteiger partial charge in [0.2, 0.25) is 5.91 Å². The molecule has 0 radical (unpaired) electrons. The molecule has 2 heterocycles. The van der Waals surface area contributed by atoms with Gasteiger partial charge >= 0.3 is 0 Å². The van der Waals surface area contributed by atoms with Crippen LogP contribution in [0.4, 0.5) is 5.82 Å². The minimum Gasteiger partial charge on any atom is -0.444 e. The van der Waals surface area contributed by atoms with E-state index in [0.717, 1.165) is 11.1 Å². The van der Waals surface area contributed by atoms with Crippen LogP contribution in [-0.2, 0) is 4.79 Å². The number of hydrogen-bond donors (Lipinski definition) is 2. The maximum atomic E-state index is 12.1. The van der Waals surface area contributed by atoms with E-state index in [1.54, 1.807) is 42.7 Å². The molecular weight excluding hydrogens is 332 g/mol. The van der Waals surface area contributed by atoms with Gasteiger partial charge in [-0.15, -0.1) is 0 Å². The smallest absolute Gasteiger partial charge is 0.251 e. The van der Waals surface area contributed by atoms with Gasteiger partial charge in [0.15, 0.2) is 12.2 Å². The van der Waals surface area contributed by atoms with Crippen LogP contribution in [0.2, 0.25) is 0 Å². The summed E-state index contributed by atoms with van der Waals surface area (Å²) in [4.78, 5) is 32.0. The lowest BCUT2D eigenvalue weighted by molar-refractivity contribution is -0.116. The van der Waals surface area contributed by atoms with Crippen LogP contribution in [0, 0.1) is 6.92 Å². The average Bonchev–Trinajstić information content (AvgIpc) is 3.18. The molecule has 0 saturated heterocycles. The summed E-state index contributed by atoms with van der Waals surface area (Å²) >= 11 is 0. The molecule has 0 aliphatic rings. The number of hydrogen-bond acceptors (Lipinski definition) is 5. The Kier molecular flexibility index (Phi) is 5.38. The fourth-order valence-electron chi connectivity index (χ4n) is 2.28. The molecule has 7 nitrogen and oxygen atoms in total. The summed E-state index contributed by atoms with van der Waals surface area (Å²) in [5.41, 5.74) is 2.36. The fraction of sp³-hybridized carbons (Fsp3) is 0.158. The monoisotopic (exact) mass is 350 g/mol. The minimum absolute atomic E-state index is 0.164. The molecule has 2 amide bonds. The van der Waals surface area contributed by atoms with E-state index in [-0.39, 0.29) is 24.8 Å². The van der Waals surface area contributed by atoms with Gasteiger partial charge in [-0.3, -0.25) is 9.59 Å². The molecule has 3 aromatic rings. The van der Waals surface area contributed by atoms with Gasteiger partial charge in [0, 0.05) is 30.3 Å². The van der Waals surface area contributed by atoms with Crippen molar-refractivity contribution in [3.63, 3.8) is 0 Å². The number of carbonyl (C=O) groups is 2. The predicted octanol–water partition coefficient (Wildman–Crippen LogP) is 2.80. The van der Waals surface area contributed by atoms with Crippen molar-refractivity contribution in [1.82, 2.24) is 15.3 Å². The standard InChI is InChI=1S/C19H18N4O3/c1-13-2-7-17(22-10-13)23-18(24)8-9-21-19(25)15-5-3-14(4-6-15)16-11-20-12-26-16/h2-7,10-12H,8-9H2,1H3,(H,21,25)(H,22,23,24). The van der Waals surface area contributed by atoms with Gasteiger partial charge in [0.25, 0.3) is 5.91 Å². The second-order valence-corrected chi connectivity index (χ2v) is 5.72. The van der Waals surface area contributed by atoms with E-state index in [1.165, 1.54) is 6.39 Å². The molecule has 0 fully saturated rings. The van der Waals surface area contributed by atoms with Crippen LogP contribution < -0.4 is 10.6 Å². The molecule has 0 aliphatic heterocycles. The molecule has 1 aromatic carbocycles. The summed E-state index contributed by atoms with van der Waals surface area (Å²) in [6, 6.07) is 10.6. The highest BCUT2D eigenvalue weighted by molar-refractivity contribution is 5.95. The van der Waals surface area contributed by atoms with Gasteiger partial charge in [0.05, 0.1) is 6.20 Å². The summed E-state index contributed by atoms with van der Waals surface area (Å²) in [7, 11) is 0. The maximum absolute atomic E-state index is 12.1. The van der Waals surface area contributed by atoms with Gasteiger partial charge in [0.1, 0.15) is 5.82 Å². The molecule has 7 heteroatoms. The number of carbonyl (C=O) groups excluding carboxylic acids is 2. The Labute approximate surface area is 150 Å². The molecular formula is C19H18N4O3. The molecule has 0 aliphatic carbocycles. The Hall–Kier alpha value is -3.48. The van der Waals surface area contributed by atoms with E-state index in [9.17, 15) is 9.59 Å². The lowest BCUT2D eigenvalue weighted by Crippen LogP contribution is -2.27. The molecule has 0 atom stereocenters. The Morgan fingerprint density at radius 1 is 1.08 bits per heavy atom. The quantitative estimate of drug-likeness (QED) is 0.712. The van der Waals surface area contributed by atoms with Crippen LogP contribution >= 0.6 is 0 Å². The number of aryl methyl sites for hydroxylation is 1.